The highest BCUT2D eigenvalue weighted by Gasteiger charge is 2.31. The van der Waals surface area contributed by atoms with Gasteiger partial charge in [0.25, 0.3) is 0 Å². The van der Waals surface area contributed by atoms with Crippen LogP contribution in [0.1, 0.15) is 39.2 Å². The zero-order chi connectivity index (χ0) is 15.6. The van der Waals surface area contributed by atoms with Crippen molar-refractivity contribution in [2.45, 2.75) is 45.7 Å². The van der Waals surface area contributed by atoms with E-state index in [0.29, 0.717) is 12.0 Å². The van der Waals surface area contributed by atoms with Crippen LogP contribution in [0.3, 0.4) is 0 Å². The molecule has 2 amide bonds. The van der Waals surface area contributed by atoms with E-state index >= 15 is 0 Å². The third kappa shape index (κ3) is 3.38. The van der Waals surface area contributed by atoms with E-state index in [1.165, 1.54) is 5.56 Å². The summed E-state index contributed by atoms with van der Waals surface area (Å²) in [5, 5.41) is 3.10. The smallest absolute Gasteiger partial charge is 0.319 e. The molecule has 1 aliphatic rings. The lowest BCUT2D eigenvalue weighted by atomic mass is 10.0. The lowest BCUT2D eigenvalue weighted by molar-refractivity contribution is 0.0796. The standard InChI is InChI=1S/C17H27N3O/c1-12(2)15-8-6-7-9-16(15)18-17(21)20-11-10-19(5)13(3)14(20)4/h6-9,12-14H,10-11H2,1-5H3,(H,18,21). The molecule has 1 aliphatic heterocycles. The third-order valence-corrected chi connectivity index (χ3v) is 4.66. The molecule has 4 heteroatoms. The number of rotatable bonds is 2. The van der Waals surface area contributed by atoms with Crippen LogP contribution in [0.25, 0.3) is 0 Å². The summed E-state index contributed by atoms with van der Waals surface area (Å²) in [6, 6.07) is 8.66. The molecule has 1 saturated heterocycles. The Kier molecular flexibility index (Phi) is 4.88. The summed E-state index contributed by atoms with van der Waals surface area (Å²) < 4.78 is 0. The maximum atomic E-state index is 12.6. The number of para-hydroxylation sites is 1. The molecule has 1 aromatic carbocycles. The number of carbonyl (C=O) groups excluding carboxylic acids is 1. The first-order valence-corrected chi connectivity index (χ1v) is 7.78. The molecule has 0 spiro atoms. The first-order chi connectivity index (χ1) is 9.91. The number of likely N-dealkylation sites (N-methyl/N-ethyl adjacent to an activating group) is 1. The number of benzene rings is 1. The Hall–Kier alpha value is -1.55. The van der Waals surface area contributed by atoms with E-state index in [4.69, 9.17) is 0 Å². The van der Waals surface area contributed by atoms with Gasteiger partial charge in [0.15, 0.2) is 0 Å². The summed E-state index contributed by atoms with van der Waals surface area (Å²) in [6.45, 7) is 10.3. The molecule has 2 unspecified atom stereocenters. The van der Waals surface area contributed by atoms with Gasteiger partial charge in [-0.1, -0.05) is 32.0 Å². The third-order valence-electron chi connectivity index (χ3n) is 4.66. The van der Waals surface area contributed by atoms with Crippen molar-refractivity contribution in [1.29, 1.82) is 0 Å². The molecule has 2 rings (SSSR count). The van der Waals surface area contributed by atoms with Crippen molar-refractivity contribution >= 4 is 11.7 Å². The van der Waals surface area contributed by atoms with Crippen molar-refractivity contribution in [3.8, 4) is 0 Å². The molecular formula is C17H27N3O. The lowest BCUT2D eigenvalue weighted by Crippen LogP contribution is -2.58. The zero-order valence-corrected chi connectivity index (χ0v) is 13.8. The van der Waals surface area contributed by atoms with Crippen LogP contribution in [-0.2, 0) is 0 Å². The quantitative estimate of drug-likeness (QED) is 0.906. The van der Waals surface area contributed by atoms with E-state index in [9.17, 15) is 4.79 Å². The molecule has 1 fully saturated rings. The number of carbonyl (C=O) groups is 1. The van der Waals surface area contributed by atoms with E-state index in [2.05, 4.69) is 51.0 Å². The maximum Gasteiger partial charge on any atom is 0.322 e. The van der Waals surface area contributed by atoms with Crippen LogP contribution in [-0.4, -0.2) is 48.1 Å². The lowest BCUT2D eigenvalue weighted by Gasteiger charge is -2.43. The van der Waals surface area contributed by atoms with E-state index < -0.39 is 0 Å². The molecule has 2 atom stereocenters. The van der Waals surface area contributed by atoms with Gasteiger partial charge in [0, 0.05) is 30.9 Å². The average Bonchev–Trinajstić information content (AvgIpc) is 2.45. The van der Waals surface area contributed by atoms with Gasteiger partial charge in [-0.3, -0.25) is 4.90 Å². The van der Waals surface area contributed by atoms with E-state index in [1.54, 1.807) is 0 Å². The van der Waals surface area contributed by atoms with Crippen LogP contribution in [0.4, 0.5) is 10.5 Å². The van der Waals surface area contributed by atoms with Gasteiger partial charge in [-0.05, 0) is 38.4 Å². The predicted octanol–water partition coefficient (Wildman–Crippen LogP) is 3.37. The van der Waals surface area contributed by atoms with Gasteiger partial charge in [-0.2, -0.15) is 0 Å². The number of urea groups is 1. The van der Waals surface area contributed by atoms with Crippen molar-refractivity contribution in [1.82, 2.24) is 9.80 Å². The van der Waals surface area contributed by atoms with Gasteiger partial charge in [-0.25, -0.2) is 4.79 Å². The molecule has 0 saturated carbocycles. The monoisotopic (exact) mass is 289 g/mol. The van der Waals surface area contributed by atoms with Crippen molar-refractivity contribution in [2.75, 3.05) is 25.5 Å². The van der Waals surface area contributed by atoms with Crippen molar-refractivity contribution < 1.29 is 4.79 Å². The van der Waals surface area contributed by atoms with E-state index in [1.807, 2.05) is 23.1 Å². The van der Waals surface area contributed by atoms with Crippen LogP contribution in [0.5, 0.6) is 0 Å². The Balaban J connectivity index is 2.12. The topological polar surface area (TPSA) is 35.6 Å². The largest absolute Gasteiger partial charge is 0.322 e. The maximum absolute atomic E-state index is 12.6. The number of piperazine rings is 1. The SMILES string of the molecule is CC(C)c1ccccc1NC(=O)N1CCN(C)C(C)C1C. The molecule has 1 heterocycles. The van der Waals surface area contributed by atoms with E-state index in [0.717, 1.165) is 18.8 Å². The molecular weight excluding hydrogens is 262 g/mol. The second kappa shape index (κ2) is 6.48. The molecule has 0 aromatic heterocycles. The molecule has 1 N–H and O–H groups in total. The zero-order valence-electron chi connectivity index (χ0n) is 13.8. The fourth-order valence-electron chi connectivity index (χ4n) is 2.89. The summed E-state index contributed by atoms with van der Waals surface area (Å²) in [5.74, 6) is 0.394. The number of nitrogens with zero attached hydrogens (tertiary/aromatic N) is 2. The van der Waals surface area contributed by atoms with Crippen molar-refractivity contribution in [3.05, 3.63) is 29.8 Å². The fourth-order valence-corrected chi connectivity index (χ4v) is 2.89. The number of hydrogen-bond donors (Lipinski definition) is 1. The van der Waals surface area contributed by atoms with Gasteiger partial charge in [0.05, 0.1) is 0 Å². The summed E-state index contributed by atoms with van der Waals surface area (Å²) in [4.78, 5) is 16.8. The molecule has 0 radical (unpaired) electrons. The number of nitrogens with one attached hydrogen (secondary N) is 1. The Morgan fingerprint density at radius 2 is 1.86 bits per heavy atom. The van der Waals surface area contributed by atoms with Gasteiger partial charge >= 0.3 is 6.03 Å². The summed E-state index contributed by atoms with van der Waals surface area (Å²) in [5.41, 5.74) is 2.11. The van der Waals surface area contributed by atoms with Crippen LogP contribution < -0.4 is 5.32 Å². The normalized spacial score (nSPS) is 23.4. The summed E-state index contributed by atoms with van der Waals surface area (Å²) >= 11 is 0. The number of amides is 2. The molecule has 0 bridgehead atoms. The Morgan fingerprint density at radius 3 is 2.52 bits per heavy atom. The van der Waals surface area contributed by atoms with E-state index in [-0.39, 0.29) is 12.1 Å². The predicted molar refractivity (Wildman–Crippen MR) is 87.8 cm³/mol. The van der Waals surface area contributed by atoms with Gasteiger partial charge < -0.3 is 10.2 Å². The molecule has 21 heavy (non-hydrogen) atoms. The van der Waals surface area contributed by atoms with Crippen LogP contribution in [0.2, 0.25) is 0 Å². The van der Waals surface area contributed by atoms with Crippen LogP contribution in [0, 0.1) is 0 Å². The van der Waals surface area contributed by atoms with Gasteiger partial charge in [-0.15, -0.1) is 0 Å². The molecule has 4 nitrogen and oxygen atoms in total. The van der Waals surface area contributed by atoms with Crippen LogP contribution >= 0.6 is 0 Å². The van der Waals surface area contributed by atoms with Gasteiger partial charge in [0.2, 0.25) is 0 Å². The average molecular weight is 289 g/mol. The summed E-state index contributed by atoms with van der Waals surface area (Å²) in [6.07, 6.45) is 0. The first-order valence-electron chi connectivity index (χ1n) is 7.78. The minimum absolute atomic E-state index is 0.00977. The highest BCUT2D eigenvalue weighted by atomic mass is 16.2. The minimum atomic E-state index is 0.00977. The molecule has 1 aromatic rings. The number of hydrogen-bond acceptors (Lipinski definition) is 2. The van der Waals surface area contributed by atoms with Crippen LogP contribution in [0.15, 0.2) is 24.3 Å². The molecule has 0 aliphatic carbocycles. The Labute approximate surface area is 128 Å². The molecule has 116 valence electrons. The van der Waals surface area contributed by atoms with Gasteiger partial charge in [0.1, 0.15) is 0 Å². The Morgan fingerprint density at radius 1 is 1.19 bits per heavy atom. The minimum Gasteiger partial charge on any atom is -0.319 e. The van der Waals surface area contributed by atoms with Crippen molar-refractivity contribution in [2.24, 2.45) is 0 Å². The first kappa shape index (κ1) is 15.8. The fraction of sp³-hybridized carbons (Fsp3) is 0.588. The Bertz CT molecular complexity index is 501. The van der Waals surface area contributed by atoms with Crippen molar-refractivity contribution in [3.63, 3.8) is 0 Å². The highest BCUT2D eigenvalue weighted by molar-refractivity contribution is 5.90. The summed E-state index contributed by atoms with van der Waals surface area (Å²) in [7, 11) is 2.12. The highest BCUT2D eigenvalue weighted by Crippen LogP contribution is 2.25. The second-order valence-electron chi connectivity index (χ2n) is 6.33. The second-order valence-corrected chi connectivity index (χ2v) is 6.33. The number of anilines is 1.